The molecule has 0 aliphatic heterocycles. The van der Waals surface area contributed by atoms with Gasteiger partial charge in [0.05, 0.1) is 0 Å². The second-order valence-electron chi connectivity index (χ2n) is 5.36. The molecule has 0 radical (unpaired) electrons. The molecule has 0 heterocycles. The van der Waals surface area contributed by atoms with Crippen LogP contribution in [-0.4, -0.2) is 30.4 Å². The third-order valence-corrected chi connectivity index (χ3v) is 3.75. The number of aliphatic hydroxyl groups is 1. The predicted molar refractivity (Wildman–Crippen MR) is 77.6 cm³/mol. The van der Waals surface area contributed by atoms with Crippen LogP contribution in [0.25, 0.3) is 0 Å². The lowest BCUT2D eigenvalue weighted by Crippen LogP contribution is -2.36. The molecule has 1 aromatic rings. The predicted octanol–water partition coefficient (Wildman–Crippen LogP) is 2.52. The number of benzene rings is 1. The number of hydrogen-bond acceptors (Lipinski definition) is 3. The van der Waals surface area contributed by atoms with E-state index < -0.39 is 6.10 Å². The molecule has 0 saturated heterocycles. The molecule has 106 valence electrons. The van der Waals surface area contributed by atoms with Crippen molar-refractivity contribution >= 4 is 0 Å². The van der Waals surface area contributed by atoms with Crippen molar-refractivity contribution in [3.8, 4) is 5.75 Å². The lowest BCUT2D eigenvalue weighted by atomic mass is 10.2. The summed E-state index contributed by atoms with van der Waals surface area (Å²) in [6, 6.07) is 8.66. The molecule has 3 heteroatoms. The maximum atomic E-state index is 9.91. The summed E-state index contributed by atoms with van der Waals surface area (Å²) in [7, 11) is 0. The van der Waals surface area contributed by atoms with Crippen molar-refractivity contribution in [2.45, 2.75) is 51.2 Å². The van der Waals surface area contributed by atoms with Crippen LogP contribution >= 0.6 is 0 Å². The summed E-state index contributed by atoms with van der Waals surface area (Å²) in [4.78, 5) is 0. The second-order valence-corrected chi connectivity index (χ2v) is 5.36. The highest BCUT2D eigenvalue weighted by molar-refractivity contribution is 5.28. The van der Waals surface area contributed by atoms with E-state index in [9.17, 15) is 5.11 Å². The summed E-state index contributed by atoms with van der Waals surface area (Å²) in [5.41, 5.74) is 1.26. The number of aryl methyl sites for hydroxylation is 1. The van der Waals surface area contributed by atoms with Gasteiger partial charge in [0.15, 0.2) is 0 Å². The van der Waals surface area contributed by atoms with Crippen LogP contribution in [0.4, 0.5) is 0 Å². The van der Waals surface area contributed by atoms with Gasteiger partial charge in [-0.15, -0.1) is 0 Å². The van der Waals surface area contributed by atoms with Crippen LogP contribution < -0.4 is 10.1 Å². The van der Waals surface area contributed by atoms with Gasteiger partial charge in [0.1, 0.15) is 18.5 Å². The first-order chi connectivity index (χ1) is 9.28. The van der Waals surface area contributed by atoms with E-state index in [1.165, 1.54) is 31.2 Å². The molecule has 3 nitrogen and oxygen atoms in total. The summed E-state index contributed by atoms with van der Waals surface area (Å²) >= 11 is 0. The van der Waals surface area contributed by atoms with E-state index in [4.69, 9.17) is 4.74 Å². The van der Waals surface area contributed by atoms with Crippen LogP contribution in [0.15, 0.2) is 24.3 Å². The van der Waals surface area contributed by atoms with Gasteiger partial charge in [-0.2, -0.15) is 0 Å². The topological polar surface area (TPSA) is 41.5 Å². The van der Waals surface area contributed by atoms with E-state index >= 15 is 0 Å². The fraction of sp³-hybridized carbons (Fsp3) is 0.625. The van der Waals surface area contributed by atoms with Crippen LogP contribution in [0.5, 0.6) is 5.75 Å². The number of ether oxygens (including phenoxy) is 1. The van der Waals surface area contributed by atoms with Gasteiger partial charge in [-0.3, -0.25) is 0 Å². The van der Waals surface area contributed by atoms with E-state index in [0.717, 1.165) is 12.2 Å². The van der Waals surface area contributed by atoms with Crippen molar-refractivity contribution in [1.29, 1.82) is 0 Å². The molecule has 1 unspecified atom stereocenters. The first-order valence-corrected chi connectivity index (χ1v) is 7.41. The van der Waals surface area contributed by atoms with Gasteiger partial charge in [-0.25, -0.2) is 0 Å². The summed E-state index contributed by atoms with van der Waals surface area (Å²) in [5, 5.41) is 13.3. The van der Waals surface area contributed by atoms with Crippen LogP contribution in [0, 0.1) is 0 Å². The smallest absolute Gasteiger partial charge is 0.119 e. The third kappa shape index (κ3) is 4.84. The lowest BCUT2D eigenvalue weighted by Gasteiger charge is -2.17. The average molecular weight is 263 g/mol. The number of aliphatic hydroxyl groups excluding tert-OH is 1. The lowest BCUT2D eigenvalue weighted by molar-refractivity contribution is 0.104. The summed E-state index contributed by atoms with van der Waals surface area (Å²) in [6.45, 7) is 3.10. The van der Waals surface area contributed by atoms with Gasteiger partial charge >= 0.3 is 0 Å². The summed E-state index contributed by atoms with van der Waals surface area (Å²) in [6.07, 6.45) is 5.68. The molecule has 19 heavy (non-hydrogen) atoms. The Balaban J connectivity index is 1.68. The van der Waals surface area contributed by atoms with Crippen LogP contribution in [-0.2, 0) is 6.42 Å². The molecule has 1 atom stereocenters. The van der Waals surface area contributed by atoms with Crippen LogP contribution in [0.1, 0.15) is 38.2 Å². The fourth-order valence-electron chi connectivity index (χ4n) is 2.54. The maximum Gasteiger partial charge on any atom is 0.119 e. The first-order valence-electron chi connectivity index (χ1n) is 7.41. The average Bonchev–Trinajstić information content (AvgIpc) is 2.96. The third-order valence-electron chi connectivity index (χ3n) is 3.75. The van der Waals surface area contributed by atoms with E-state index in [1.54, 1.807) is 0 Å². The maximum absolute atomic E-state index is 9.91. The highest BCUT2D eigenvalue weighted by Gasteiger charge is 2.15. The Bertz CT molecular complexity index is 375. The Morgan fingerprint density at radius 1 is 1.37 bits per heavy atom. The number of rotatable bonds is 7. The van der Waals surface area contributed by atoms with E-state index in [-0.39, 0.29) is 0 Å². The van der Waals surface area contributed by atoms with E-state index in [1.807, 2.05) is 18.2 Å². The zero-order chi connectivity index (χ0) is 13.5. The molecule has 1 aliphatic carbocycles. The molecule has 1 aromatic carbocycles. The van der Waals surface area contributed by atoms with Gasteiger partial charge in [-0.1, -0.05) is 31.9 Å². The molecular formula is C16H25NO2. The zero-order valence-corrected chi connectivity index (χ0v) is 11.8. The highest BCUT2D eigenvalue weighted by atomic mass is 16.5. The standard InChI is InChI=1S/C16H25NO2/c1-2-13-6-5-9-16(10-13)19-12-15(18)11-17-14-7-3-4-8-14/h5-6,9-10,14-15,17-18H,2-4,7-8,11-12H2,1H3. The molecular weight excluding hydrogens is 238 g/mol. The van der Waals surface area contributed by atoms with Crippen molar-refractivity contribution < 1.29 is 9.84 Å². The monoisotopic (exact) mass is 263 g/mol. The molecule has 1 aliphatic rings. The Kier molecular flexibility index (Phi) is 5.67. The first kappa shape index (κ1) is 14.4. The number of nitrogens with one attached hydrogen (secondary N) is 1. The van der Waals surface area contributed by atoms with Crippen molar-refractivity contribution in [2.24, 2.45) is 0 Å². The minimum absolute atomic E-state index is 0.354. The molecule has 2 N–H and O–H groups in total. The van der Waals surface area contributed by atoms with Crippen molar-refractivity contribution in [3.05, 3.63) is 29.8 Å². The van der Waals surface area contributed by atoms with Crippen LogP contribution in [0.3, 0.4) is 0 Å². The quantitative estimate of drug-likeness (QED) is 0.794. The molecule has 2 rings (SSSR count). The van der Waals surface area contributed by atoms with Gasteiger partial charge < -0.3 is 15.2 Å². The fourth-order valence-corrected chi connectivity index (χ4v) is 2.54. The molecule has 0 bridgehead atoms. The zero-order valence-electron chi connectivity index (χ0n) is 11.8. The van der Waals surface area contributed by atoms with Gasteiger partial charge in [0.2, 0.25) is 0 Å². The Labute approximate surface area is 116 Å². The van der Waals surface area contributed by atoms with Crippen molar-refractivity contribution in [3.63, 3.8) is 0 Å². The molecule has 0 spiro atoms. The molecule has 0 aromatic heterocycles. The second kappa shape index (κ2) is 7.51. The summed E-state index contributed by atoms with van der Waals surface area (Å²) in [5.74, 6) is 0.847. The van der Waals surface area contributed by atoms with Gasteiger partial charge in [0.25, 0.3) is 0 Å². The van der Waals surface area contributed by atoms with E-state index in [0.29, 0.717) is 19.2 Å². The minimum Gasteiger partial charge on any atom is -0.491 e. The number of hydrogen-bond donors (Lipinski definition) is 2. The minimum atomic E-state index is -0.439. The SMILES string of the molecule is CCc1cccc(OCC(O)CNC2CCCC2)c1. The molecule has 1 fully saturated rings. The largest absolute Gasteiger partial charge is 0.491 e. The van der Waals surface area contributed by atoms with Gasteiger partial charge in [-0.05, 0) is 37.0 Å². The molecule has 1 saturated carbocycles. The Morgan fingerprint density at radius 2 is 2.16 bits per heavy atom. The summed E-state index contributed by atoms with van der Waals surface area (Å²) < 4.78 is 5.64. The van der Waals surface area contributed by atoms with Crippen molar-refractivity contribution in [2.75, 3.05) is 13.2 Å². The Hall–Kier alpha value is -1.06. The molecule has 0 amide bonds. The van der Waals surface area contributed by atoms with Gasteiger partial charge in [0, 0.05) is 12.6 Å². The highest BCUT2D eigenvalue weighted by Crippen LogP contribution is 2.17. The Morgan fingerprint density at radius 3 is 2.89 bits per heavy atom. The normalized spacial score (nSPS) is 17.6. The van der Waals surface area contributed by atoms with Crippen LogP contribution in [0.2, 0.25) is 0 Å². The van der Waals surface area contributed by atoms with Crippen molar-refractivity contribution in [1.82, 2.24) is 5.32 Å². The van der Waals surface area contributed by atoms with E-state index in [2.05, 4.69) is 18.3 Å².